The summed E-state index contributed by atoms with van der Waals surface area (Å²) in [6.07, 6.45) is 45.0. The number of aliphatic hydroxyl groups is 2. The molecule has 1 fully saturated rings. The Morgan fingerprint density at radius 1 is 0.465 bits per heavy atom. The van der Waals surface area contributed by atoms with Crippen molar-refractivity contribution < 1.29 is 58.2 Å². The number of rotatable bonds is 47. The molecule has 0 bridgehead atoms. The minimum atomic E-state index is -1.90. The van der Waals surface area contributed by atoms with E-state index >= 15 is 0 Å². The molecule has 0 amide bonds. The number of aliphatic hydroxyl groups excluding tert-OH is 2. The van der Waals surface area contributed by atoms with Crippen molar-refractivity contribution in [1.29, 1.82) is 0 Å². The quantitative estimate of drug-likeness (QED) is 0.0228. The third-order valence-corrected chi connectivity index (χ3v) is 12.5. The summed E-state index contributed by atoms with van der Waals surface area (Å²) in [5.41, 5.74) is 0. The van der Waals surface area contributed by atoms with Crippen molar-refractivity contribution in [2.45, 2.75) is 276 Å². The molecule has 12 nitrogen and oxygen atoms in total. The van der Waals surface area contributed by atoms with Gasteiger partial charge in [-0.1, -0.05) is 197 Å². The number of allylic oxidation sites excluding steroid dienone is 10. The highest BCUT2D eigenvalue weighted by Gasteiger charge is 2.50. The van der Waals surface area contributed by atoms with Gasteiger partial charge in [0, 0.05) is 19.3 Å². The van der Waals surface area contributed by atoms with E-state index in [2.05, 4.69) is 81.5 Å². The lowest BCUT2D eigenvalue weighted by Gasteiger charge is -2.40. The molecule has 0 aromatic rings. The van der Waals surface area contributed by atoms with Crippen LogP contribution in [0.1, 0.15) is 239 Å². The summed E-state index contributed by atoms with van der Waals surface area (Å²) >= 11 is 0. The van der Waals surface area contributed by atoms with Gasteiger partial charge >= 0.3 is 23.9 Å². The molecule has 1 aliphatic heterocycles. The molecule has 1 heterocycles. The van der Waals surface area contributed by atoms with Crippen molar-refractivity contribution in [1.82, 2.24) is 0 Å². The first-order valence-corrected chi connectivity index (χ1v) is 28.3. The van der Waals surface area contributed by atoms with Gasteiger partial charge in [-0.25, -0.2) is 4.79 Å². The SMILES string of the molecule is CCC/C=C\C/C=C\CCCCCCCC(=O)OC(COC(=O)CCCCCCCC/C=C\C/C=C\C/C=C\CCCCC)COC1OC(C(=O)O)C(O)C(O)C1OC(=O)CCCCCCCCCCC. The van der Waals surface area contributed by atoms with Crippen molar-refractivity contribution >= 4 is 23.9 Å². The average molecular weight is 1000 g/mol. The van der Waals surface area contributed by atoms with Crippen molar-refractivity contribution in [2.24, 2.45) is 0 Å². The number of hydrogen-bond donors (Lipinski definition) is 3. The van der Waals surface area contributed by atoms with E-state index in [9.17, 15) is 34.5 Å². The summed E-state index contributed by atoms with van der Waals surface area (Å²) in [6, 6.07) is 0. The minimum absolute atomic E-state index is 0.0579. The number of carboxylic acids is 1. The monoisotopic (exact) mass is 1000 g/mol. The number of hydrogen-bond acceptors (Lipinski definition) is 11. The van der Waals surface area contributed by atoms with Gasteiger partial charge in [0.1, 0.15) is 18.8 Å². The van der Waals surface area contributed by atoms with E-state index < -0.39 is 67.3 Å². The molecule has 1 saturated heterocycles. The Hall–Kier alpha value is -3.58. The Morgan fingerprint density at radius 2 is 0.873 bits per heavy atom. The average Bonchev–Trinajstić information content (AvgIpc) is 3.35. The third kappa shape index (κ3) is 37.8. The van der Waals surface area contributed by atoms with Crippen molar-refractivity contribution in [2.75, 3.05) is 13.2 Å². The first-order valence-electron chi connectivity index (χ1n) is 28.3. The molecule has 12 heteroatoms. The Labute approximate surface area is 430 Å². The van der Waals surface area contributed by atoms with Crippen LogP contribution in [-0.2, 0) is 42.9 Å². The fraction of sp³-hybridized carbons (Fsp3) is 0.763. The van der Waals surface area contributed by atoms with Gasteiger partial charge in [-0.15, -0.1) is 0 Å². The van der Waals surface area contributed by atoms with Gasteiger partial charge in [-0.3, -0.25) is 14.4 Å². The lowest BCUT2D eigenvalue weighted by molar-refractivity contribution is -0.301. The Balaban J connectivity index is 2.69. The zero-order valence-corrected chi connectivity index (χ0v) is 44.7. The van der Waals surface area contributed by atoms with Gasteiger partial charge in [-0.05, 0) is 83.5 Å². The van der Waals surface area contributed by atoms with Crippen LogP contribution < -0.4 is 0 Å². The van der Waals surface area contributed by atoms with Gasteiger partial charge in [0.05, 0.1) is 6.61 Å². The fourth-order valence-corrected chi connectivity index (χ4v) is 8.18. The molecular formula is C59H100O12. The van der Waals surface area contributed by atoms with E-state index in [1.54, 1.807) is 0 Å². The molecule has 0 radical (unpaired) electrons. The van der Waals surface area contributed by atoms with E-state index in [4.69, 9.17) is 23.7 Å². The maximum atomic E-state index is 13.1. The molecule has 71 heavy (non-hydrogen) atoms. The molecule has 0 saturated carbocycles. The second kappa shape index (κ2) is 47.4. The van der Waals surface area contributed by atoms with Crippen LogP contribution in [-0.4, -0.2) is 89.2 Å². The number of aliphatic carboxylic acids is 1. The van der Waals surface area contributed by atoms with E-state index in [-0.39, 0.29) is 25.9 Å². The highest BCUT2D eigenvalue weighted by Crippen LogP contribution is 2.26. The second-order valence-corrected chi connectivity index (χ2v) is 19.2. The number of esters is 3. The maximum Gasteiger partial charge on any atom is 0.335 e. The standard InChI is InChI=1S/C59H100O12/c1-4-7-10-13-16-19-21-23-24-25-26-27-28-30-31-34-36-39-42-45-51(60)67-48-50(69-52(61)46-43-40-38-35-32-29-22-20-17-14-11-8-5-2)49-68-59-57(55(64)54(63)56(71-59)58(65)66)70-53(62)47-44-41-37-33-18-15-12-9-6-3/h11,14,16,19-20,22-24,26-27,50,54-57,59,63-64H,4-10,12-13,15,17-18,21,25,28-49H2,1-3H3,(H,65,66)/b14-11-,19-16-,22-20-,24-23-,27-26-. The van der Waals surface area contributed by atoms with Crippen LogP contribution in [0.4, 0.5) is 0 Å². The molecule has 0 aromatic carbocycles. The molecule has 0 spiro atoms. The van der Waals surface area contributed by atoms with Crippen LogP contribution in [0.15, 0.2) is 60.8 Å². The molecule has 1 aliphatic rings. The van der Waals surface area contributed by atoms with Crippen LogP contribution in [0.3, 0.4) is 0 Å². The highest BCUT2D eigenvalue weighted by molar-refractivity contribution is 5.74. The normalized spacial score (nSPS) is 18.9. The Kier molecular flexibility index (Phi) is 43.7. The predicted molar refractivity (Wildman–Crippen MR) is 285 cm³/mol. The number of carboxylic acid groups (broad SMARTS) is 1. The summed E-state index contributed by atoms with van der Waals surface area (Å²) in [6.45, 7) is 5.83. The van der Waals surface area contributed by atoms with Crippen LogP contribution in [0.25, 0.3) is 0 Å². The maximum absolute atomic E-state index is 13.1. The predicted octanol–water partition coefficient (Wildman–Crippen LogP) is 14.0. The minimum Gasteiger partial charge on any atom is -0.479 e. The number of carbonyl (C=O) groups is 4. The van der Waals surface area contributed by atoms with Crippen molar-refractivity contribution in [3.63, 3.8) is 0 Å². The van der Waals surface area contributed by atoms with Crippen molar-refractivity contribution in [3.05, 3.63) is 60.8 Å². The van der Waals surface area contributed by atoms with Crippen LogP contribution in [0, 0.1) is 0 Å². The molecular weight excluding hydrogens is 901 g/mol. The number of carbonyl (C=O) groups excluding carboxylic acids is 3. The lowest BCUT2D eigenvalue weighted by Crippen LogP contribution is -2.61. The van der Waals surface area contributed by atoms with E-state index in [1.165, 1.54) is 51.4 Å². The largest absolute Gasteiger partial charge is 0.479 e. The van der Waals surface area contributed by atoms with Gasteiger partial charge in [0.25, 0.3) is 0 Å². The van der Waals surface area contributed by atoms with Crippen LogP contribution in [0.2, 0.25) is 0 Å². The lowest BCUT2D eigenvalue weighted by atomic mass is 9.98. The molecule has 3 N–H and O–H groups in total. The molecule has 0 aliphatic carbocycles. The summed E-state index contributed by atoms with van der Waals surface area (Å²) in [4.78, 5) is 50.9. The zero-order chi connectivity index (χ0) is 51.8. The molecule has 0 aromatic heterocycles. The second-order valence-electron chi connectivity index (χ2n) is 19.2. The summed E-state index contributed by atoms with van der Waals surface area (Å²) in [7, 11) is 0. The molecule has 408 valence electrons. The zero-order valence-electron chi connectivity index (χ0n) is 44.7. The molecule has 6 unspecified atom stereocenters. The third-order valence-electron chi connectivity index (χ3n) is 12.5. The van der Waals surface area contributed by atoms with E-state index in [0.717, 1.165) is 128 Å². The van der Waals surface area contributed by atoms with Gasteiger partial charge in [0.15, 0.2) is 24.6 Å². The number of unbranched alkanes of at least 4 members (excludes halogenated alkanes) is 23. The summed E-state index contributed by atoms with van der Waals surface area (Å²) < 4.78 is 28.3. The highest BCUT2D eigenvalue weighted by atomic mass is 16.7. The van der Waals surface area contributed by atoms with E-state index in [0.29, 0.717) is 19.3 Å². The topological polar surface area (TPSA) is 175 Å². The molecule has 6 atom stereocenters. The summed E-state index contributed by atoms with van der Waals surface area (Å²) in [5.74, 6) is -3.15. The molecule has 1 rings (SSSR count). The smallest absolute Gasteiger partial charge is 0.335 e. The number of ether oxygens (including phenoxy) is 5. The first kappa shape index (κ1) is 65.4. The fourth-order valence-electron chi connectivity index (χ4n) is 8.18. The Morgan fingerprint density at radius 3 is 1.37 bits per heavy atom. The van der Waals surface area contributed by atoms with Crippen molar-refractivity contribution in [3.8, 4) is 0 Å². The van der Waals surface area contributed by atoms with Crippen LogP contribution in [0.5, 0.6) is 0 Å². The van der Waals surface area contributed by atoms with Gasteiger partial charge in [0.2, 0.25) is 0 Å². The van der Waals surface area contributed by atoms with E-state index in [1.807, 2.05) is 0 Å². The van der Waals surface area contributed by atoms with Gasteiger partial charge < -0.3 is 39.0 Å². The van der Waals surface area contributed by atoms with Crippen LogP contribution >= 0.6 is 0 Å². The first-order chi connectivity index (χ1) is 34.6. The van der Waals surface area contributed by atoms with Gasteiger partial charge in [-0.2, -0.15) is 0 Å². The Bertz CT molecular complexity index is 1470. The summed E-state index contributed by atoms with van der Waals surface area (Å²) in [5, 5.41) is 31.3.